The zero-order chi connectivity index (χ0) is 45.5. The molecule has 1 aliphatic carbocycles. The normalized spacial score (nSPS) is 12.8. The van der Waals surface area contributed by atoms with Gasteiger partial charge < -0.3 is 9.13 Å². The van der Waals surface area contributed by atoms with Gasteiger partial charge in [-0.05, 0) is 88.0 Å². The molecule has 13 aromatic rings. The maximum absolute atomic E-state index is 5.31. The van der Waals surface area contributed by atoms with Crippen LogP contribution in [0.25, 0.3) is 100 Å². The summed E-state index contributed by atoms with van der Waals surface area (Å²) in [6.45, 7) is 0. The van der Waals surface area contributed by atoms with Crippen LogP contribution in [0.5, 0.6) is 0 Å². The number of nitrogens with zero attached hydrogens (tertiary/aromatic N) is 4. The van der Waals surface area contributed by atoms with Crippen LogP contribution in [0.1, 0.15) is 22.3 Å². The molecule has 4 nitrogen and oxygen atoms in total. The van der Waals surface area contributed by atoms with Crippen LogP contribution in [0.4, 0.5) is 0 Å². The number of benzene rings is 10. The van der Waals surface area contributed by atoms with E-state index in [0.717, 1.165) is 50.5 Å². The molecule has 14 rings (SSSR count). The molecule has 69 heavy (non-hydrogen) atoms. The second kappa shape index (κ2) is 15.5. The minimum absolute atomic E-state index is 0.680. The van der Waals surface area contributed by atoms with Crippen LogP contribution in [0.2, 0.25) is 0 Å². The highest BCUT2D eigenvalue weighted by atomic mass is 15.0. The standard InChI is InChI=1S/C65H42N4/c1-5-20-43(21-6-1)58-42-59(44-22-7-2-8-23-44)67-64(66-58)45-24-19-25-46(40-45)65(56-33-16-13-30-50(56)51-31-14-17-34-57(51)65)47-36-39-61-55(41-47)54-38-37-53-52-32-15-18-35-60(52)68(48-26-9-3-10-27-48)62(53)63(54)69(61)49-28-11-4-12-29-49/h1-42H. The van der Waals surface area contributed by atoms with Gasteiger partial charge in [0.25, 0.3) is 0 Å². The fraction of sp³-hybridized carbons (Fsp3) is 0.0154. The Morgan fingerprint density at radius 3 is 1.36 bits per heavy atom. The van der Waals surface area contributed by atoms with Crippen molar-refractivity contribution in [2.45, 2.75) is 5.41 Å². The van der Waals surface area contributed by atoms with Gasteiger partial charge in [0, 0.05) is 49.6 Å². The molecule has 0 spiro atoms. The van der Waals surface area contributed by atoms with Crippen LogP contribution >= 0.6 is 0 Å². The third-order valence-corrected chi connectivity index (χ3v) is 14.4. The number of aromatic nitrogens is 4. The molecule has 0 unspecified atom stereocenters. The maximum Gasteiger partial charge on any atom is 0.160 e. The van der Waals surface area contributed by atoms with E-state index in [1.54, 1.807) is 0 Å². The molecule has 1 aliphatic rings. The predicted octanol–water partition coefficient (Wildman–Crippen LogP) is 16.0. The van der Waals surface area contributed by atoms with Crippen molar-refractivity contribution in [3.8, 4) is 56.4 Å². The van der Waals surface area contributed by atoms with Gasteiger partial charge in [-0.25, -0.2) is 9.97 Å². The van der Waals surface area contributed by atoms with Gasteiger partial charge in [-0.1, -0.05) is 200 Å². The molecule has 0 N–H and O–H groups in total. The van der Waals surface area contributed by atoms with Crippen molar-refractivity contribution < 1.29 is 0 Å². The molecule has 0 aliphatic heterocycles. The zero-order valence-corrected chi connectivity index (χ0v) is 37.5. The van der Waals surface area contributed by atoms with E-state index in [0.29, 0.717) is 5.82 Å². The lowest BCUT2D eigenvalue weighted by molar-refractivity contribution is 0.770. The molecule has 0 saturated carbocycles. The maximum atomic E-state index is 5.31. The molecule has 0 amide bonds. The lowest BCUT2D eigenvalue weighted by atomic mass is 9.67. The summed E-state index contributed by atoms with van der Waals surface area (Å²) in [6.07, 6.45) is 0. The van der Waals surface area contributed by atoms with E-state index in [1.165, 1.54) is 65.9 Å². The highest BCUT2D eigenvalue weighted by Crippen LogP contribution is 2.57. The fourth-order valence-electron chi connectivity index (χ4n) is 11.5. The minimum Gasteiger partial charge on any atom is -0.307 e. The third kappa shape index (κ3) is 5.89. The Morgan fingerprint density at radius 2 is 0.768 bits per heavy atom. The Bertz CT molecular complexity index is 4010. The van der Waals surface area contributed by atoms with Gasteiger partial charge in [0.1, 0.15) is 0 Å². The molecular weight excluding hydrogens is 837 g/mol. The van der Waals surface area contributed by atoms with Gasteiger partial charge in [-0.2, -0.15) is 0 Å². The monoisotopic (exact) mass is 878 g/mol. The van der Waals surface area contributed by atoms with Crippen molar-refractivity contribution in [2.75, 3.05) is 0 Å². The van der Waals surface area contributed by atoms with Crippen LogP contribution < -0.4 is 0 Å². The Hall–Kier alpha value is -9.12. The SMILES string of the molecule is c1ccc(-c2cc(-c3ccccc3)nc(-c3cccc(C4(c5ccc6c(c5)c5ccc7c8ccccc8n(-c8ccccc8)c7c5n6-c5ccccc5)c5ccccc5-c5ccccc54)c3)n2)cc1. The number of rotatable bonds is 7. The predicted molar refractivity (Wildman–Crippen MR) is 284 cm³/mol. The van der Waals surface area contributed by atoms with Crippen molar-refractivity contribution >= 4 is 43.6 Å². The quantitative estimate of drug-likeness (QED) is 0.160. The summed E-state index contributed by atoms with van der Waals surface area (Å²) in [5.41, 5.74) is 18.5. The molecule has 322 valence electrons. The van der Waals surface area contributed by atoms with Crippen LogP contribution in [-0.2, 0) is 5.41 Å². The Morgan fingerprint density at radius 1 is 0.304 bits per heavy atom. The first-order chi connectivity index (χ1) is 34.2. The average molecular weight is 879 g/mol. The summed E-state index contributed by atoms with van der Waals surface area (Å²) in [4.78, 5) is 10.6. The van der Waals surface area contributed by atoms with E-state index in [-0.39, 0.29) is 0 Å². The van der Waals surface area contributed by atoms with E-state index >= 15 is 0 Å². The Kier molecular flexibility index (Phi) is 8.77. The van der Waals surface area contributed by atoms with Gasteiger partial charge >= 0.3 is 0 Å². The Balaban J connectivity index is 1.07. The Labute approximate surface area is 399 Å². The molecule has 3 heterocycles. The molecule has 0 saturated heterocycles. The number of hydrogen-bond donors (Lipinski definition) is 0. The topological polar surface area (TPSA) is 35.6 Å². The molecule has 4 heteroatoms. The van der Waals surface area contributed by atoms with E-state index in [9.17, 15) is 0 Å². The number of fused-ring (bicyclic) bond motifs is 10. The molecule has 3 aromatic heterocycles. The highest BCUT2D eigenvalue weighted by molar-refractivity contribution is 6.24. The summed E-state index contributed by atoms with van der Waals surface area (Å²) in [6, 6.07) is 92.3. The lowest BCUT2D eigenvalue weighted by Crippen LogP contribution is -2.28. The molecule has 0 radical (unpaired) electrons. The zero-order valence-electron chi connectivity index (χ0n) is 37.5. The largest absolute Gasteiger partial charge is 0.307 e. The van der Waals surface area contributed by atoms with Gasteiger partial charge in [-0.15, -0.1) is 0 Å². The first kappa shape index (κ1) is 39.1. The van der Waals surface area contributed by atoms with Crippen LogP contribution in [0.3, 0.4) is 0 Å². The first-order valence-electron chi connectivity index (χ1n) is 23.7. The van der Waals surface area contributed by atoms with Crippen LogP contribution in [-0.4, -0.2) is 19.1 Å². The van der Waals surface area contributed by atoms with Gasteiger partial charge in [0.15, 0.2) is 5.82 Å². The van der Waals surface area contributed by atoms with E-state index in [2.05, 4.69) is 252 Å². The second-order valence-corrected chi connectivity index (χ2v) is 18.1. The molecule has 0 bridgehead atoms. The summed E-state index contributed by atoms with van der Waals surface area (Å²) >= 11 is 0. The first-order valence-corrected chi connectivity index (χ1v) is 23.7. The van der Waals surface area contributed by atoms with E-state index < -0.39 is 5.41 Å². The van der Waals surface area contributed by atoms with Crippen molar-refractivity contribution in [3.05, 3.63) is 277 Å². The van der Waals surface area contributed by atoms with Gasteiger partial charge in [-0.3, -0.25) is 0 Å². The summed E-state index contributed by atoms with van der Waals surface area (Å²) < 4.78 is 4.95. The van der Waals surface area contributed by atoms with Crippen molar-refractivity contribution in [1.29, 1.82) is 0 Å². The summed E-state index contributed by atoms with van der Waals surface area (Å²) in [5.74, 6) is 0.686. The second-order valence-electron chi connectivity index (χ2n) is 18.1. The third-order valence-electron chi connectivity index (χ3n) is 14.4. The van der Waals surface area contributed by atoms with Gasteiger partial charge in [0.2, 0.25) is 0 Å². The molecular formula is C65H42N4. The summed E-state index contributed by atoms with van der Waals surface area (Å²) in [7, 11) is 0. The lowest BCUT2D eigenvalue weighted by Gasteiger charge is -2.34. The summed E-state index contributed by atoms with van der Waals surface area (Å²) in [5, 5.41) is 4.85. The van der Waals surface area contributed by atoms with Gasteiger partial charge in [0.05, 0.1) is 38.9 Å². The molecule has 0 fully saturated rings. The van der Waals surface area contributed by atoms with Crippen molar-refractivity contribution in [2.24, 2.45) is 0 Å². The minimum atomic E-state index is -0.680. The number of para-hydroxylation sites is 3. The van der Waals surface area contributed by atoms with E-state index in [4.69, 9.17) is 9.97 Å². The number of hydrogen-bond acceptors (Lipinski definition) is 2. The highest BCUT2D eigenvalue weighted by Gasteiger charge is 2.46. The van der Waals surface area contributed by atoms with Crippen LogP contribution in [0.15, 0.2) is 255 Å². The van der Waals surface area contributed by atoms with Crippen molar-refractivity contribution in [3.63, 3.8) is 0 Å². The van der Waals surface area contributed by atoms with E-state index in [1.807, 2.05) is 12.1 Å². The average Bonchev–Trinajstić information content (AvgIpc) is 4.06. The van der Waals surface area contributed by atoms with Crippen molar-refractivity contribution in [1.82, 2.24) is 19.1 Å². The van der Waals surface area contributed by atoms with Crippen LogP contribution in [0, 0.1) is 0 Å². The molecule has 0 atom stereocenters. The smallest absolute Gasteiger partial charge is 0.160 e. The fourth-order valence-corrected chi connectivity index (χ4v) is 11.5. The molecule has 10 aromatic carbocycles.